The summed E-state index contributed by atoms with van der Waals surface area (Å²) in [4.78, 5) is 13.8. The number of ether oxygens (including phenoxy) is 5. The van der Waals surface area contributed by atoms with Crippen LogP contribution in [0.1, 0.15) is 102 Å². The Morgan fingerprint density at radius 2 is 1.70 bits per heavy atom. The molecule has 0 radical (unpaired) electrons. The third kappa shape index (κ3) is 12.6. The normalized spacial score (nSPS) is 44.5. The molecule has 57 heavy (non-hydrogen) atoms. The number of hydrogen-bond acceptors (Lipinski definition) is 12. The average Bonchev–Trinajstić information content (AvgIpc) is 3.15. The minimum atomic E-state index is -1.33. The fourth-order valence-corrected chi connectivity index (χ4v) is 8.73. The molecule has 6 N–H and O–H groups in total. The number of carbonyl (C=O) groups excluding carboxylic acids is 1. The lowest BCUT2D eigenvalue weighted by Crippen LogP contribution is -2.58. The van der Waals surface area contributed by atoms with Gasteiger partial charge in [0.15, 0.2) is 6.29 Å². The van der Waals surface area contributed by atoms with E-state index in [4.69, 9.17) is 23.7 Å². The number of hydrogen-bond donors (Lipinski definition) is 6. The lowest BCUT2D eigenvalue weighted by atomic mass is 9.72. The number of esters is 1. The summed E-state index contributed by atoms with van der Waals surface area (Å²) in [7, 11) is 1.35. The molecule has 3 aliphatic heterocycles. The number of aliphatic hydroxyl groups excluding tert-OH is 6. The van der Waals surface area contributed by atoms with Crippen molar-refractivity contribution in [2.75, 3.05) is 7.11 Å². The van der Waals surface area contributed by atoms with Crippen molar-refractivity contribution in [2.24, 2.45) is 35.5 Å². The summed E-state index contributed by atoms with van der Waals surface area (Å²) in [5.74, 6) is -3.34. The van der Waals surface area contributed by atoms with Crippen LogP contribution in [0, 0.1) is 35.5 Å². The van der Waals surface area contributed by atoms with Gasteiger partial charge in [-0.3, -0.25) is 0 Å². The van der Waals surface area contributed by atoms with Crippen molar-refractivity contribution in [1.82, 2.24) is 0 Å². The zero-order valence-corrected chi connectivity index (χ0v) is 36.3. The van der Waals surface area contributed by atoms with E-state index < -0.39 is 84.6 Å². The van der Waals surface area contributed by atoms with Gasteiger partial charge in [0, 0.05) is 42.4 Å². The number of methoxy groups -OCH3 is 1. The van der Waals surface area contributed by atoms with Gasteiger partial charge >= 0.3 is 5.97 Å². The van der Waals surface area contributed by atoms with Crippen molar-refractivity contribution in [3.8, 4) is 0 Å². The zero-order chi connectivity index (χ0) is 42.9. The quantitative estimate of drug-likeness (QED) is 0.131. The molecule has 0 aromatic rings. The largest absolute Gasteiger partial charge is 0.490 e. The van der Waals surface area contributed by atoms with Crippen molar-refractivity contribution < 1.29 is 59.1 Å². The van der Waals surface area contributed by atoms with Gasteiger partial charge in [0.25, 0.3) is 0 Å². The van der Waals surface area contributed by atoms with Crippen molar-refractivity contribution in [3.05, 3.63) is 59.4 Å². The van der Waals surface area contributed by atoms with Gasteiger partial charge in [-0.15, -0.1) is 0 Å². The maximum absolute atomic E-state index is 13.8. The molecule has 0 aromatic carbocycles. The van der Waals surface area contributed by atoms with Gasteiger partial charge in [-0.2, -0.15) is 0 Å². The lowest BCUT2D eigenvalue weighted by molar-refractivity contribution is -0.291. The van der Waals surface area contributed by atoms with Crippen molar-refractivity contribution in [3.63, 3.8) is 0 Å². The van der Waals surface area contributed by atoms with Gasteiger partial charge in [-0.05, 0) is 59.5 Å². The first kappa shape index (κ1) is 49.0. The monoisotopic (exact) mass is 807 g/mol. The maximum Gasteiger partial charge on any atom is 0.373 e. The van der Waals surface area contributed by atoms with Crippen LogP contribution in [0.5, 0.6) is 0 Å². The second-order valence-corrected chi connectivity index (χ2v) is 17.3. The second kappa shape index (κ2) is 21.7. The molecule has 1 unspecified atom stereocenters. The number of rotatable bonds is 9. The molecule has 0 aromatic heterocycles. The molecule has 12 nitrogen and oxygen atoms in total. The van der Waals surface area contributed by atoms with Gasteiger partial charge in [-0.25, -0.2) is 4.79 Å². The van der Waals surface area contributed by atoms with E-state index in [1.54, 1.807) is 26.8 Å². The van der Waals surface area contributed by atoms with Crippen LogP contribution in [0.15, 0.2) is 59.4 Å². The van der Waals surface area contributed by atoms with Crippen molar-refractivity contribution >= 4 is 5.97 Å². The predicted octanol–water partition coefficient (Wildman–Crippen LogP) is 5.30. The van der Waals surface area contributed by atoms with E-state index in [0.717, 1.165) is 5.57 Å². The van der Waals surface area contributed by atoms with E-state index in [9.17, 15) is 35.4 Å². The molecule has 326 valence electrons. The highest BCUT2D eigenvalue weighted by molar-refractivity contribution is 5.87. The van der Waals surface area contributed by atoms with E-state index in [0.29, 0.717) is 24.8 Å². The van der Waals surface area contributed by atoms with Crippen molar-refractivity contribution in [1.29, 1.82) is 0 Å². The third-order valence-corrected chi connectivity index (χ3v) is 12.7. The number of cyclic esters (lactones) is 1. The van der Waals surface area contributed by atoms with E-state index in [-0.39, 0.29) is 42.0 Å². The van der Waals surface area contributed by atoms with Crippen LogP contribution in [-0.2, 0) is 28.5 Å². The van der Waals surface area contributed by atoms with Crippen LogP contribution in [0.2, 0.25) is 0 Å². The molecular formula is C45H74O12. The summed E-state index contributed by atoms with van der Waals surface area (Å²) in [6, 6.07) is 0. The first-order valence-corrected chi connectivity index (χ1v) is 20.9. The van der Waals surface area contributed by atoms with Crippen LogP contribution in [0.3, 0.4) is 0 Å². The summed E-state index contributed by atoms with van der Waals surface area (Å²) in [6.45, 7) is 20.6. The summed E-state index contributed by atoms with van der Waals surface area (Å²) < 4.78 is 30.6. The third-order valence-electron chi connectivity index (χ3n) is 12.7. The molecule has 3 heterocycles. The molecule has 2 fully saturated rings. The molecule has 0 bridgehead atoms. The van der Waals surface area contributed by atoms with E-state index >= 15 is 0 Å². The smallest absolute Gasteiger partial charge is 0.373 e. The summed E-state index contributed by atoms with van der Waals surface area (Å²) in [5.41, 5.74) is 0.614. The minimum absolute atomic E-state index is 0.109. The van der Waals surface area contributed by atoms with Gasteiger partial charge in [0.2, 0.25) is 5.76 Å². The minimum Gasteiger partial charge on any atom is -0.490 e. The molecule has 0 amide bonds. The lowest BCUT2D eigenvalue weighted by Gasteiger charge is -2.51. The molecule has 18 atom stereocenters. The Morgan fingerprint density at radius 3 is 2.30 bits per heavy atom. The molecule has 0 saturated carbocycles. The van der Waals surface area contributed by atoms with Gasteiger partial charge in [0.1, 0.15) is 18.3 Å². The number of carbonyl (C=O) groups is 1. The summed E-state index contributed by atoms with van der Waals surface area (Å²) in [6.07, 6.45) is 4.37. The Bertz CT molecular complexity index is 1430. The van der Waals surface area contributed by atoms with Gasteiger partial charge in [0.05, 0.1) is 55.4 Å². The SMILES string of the molecule is C/C=C/[C@H]1O[C@@](C)([C@@H](C)[C@H](O)[C@H](C)[C@H]2OC(=O)/C(OC)=C/C(C)=C/[C@@H](C)[C@@H](O)C(CC)[C@@H](O)[C@H](C)C/C(C)=C/C=C/[C@@H]2O)C[C@@H](O[C@@H]2C[C@H](O)[C@@H](O)[C@H](C)O2)[C@@H]1C. The van der Waals surface area contributed by atoms with Crippen molar-refractivity contribution in [2.45, 2.75) is 175 Å². The topological polar surface area (TPSA) is 185 Å². The Labute approximate surface area is 341 Å². The van der Waals surface area contributed by atoms with Gasteiger partial charge < -0.3 is 54.3 Å². The highest BCUT2D eigenvalue weighted by Crippen LogP contribution is 2.43. The highest BCUT2D eigenvalue weighted by atomic mass is 16.7. The molecule has 0 aliphatic carbocycles. The van der Waals surface area contributed by atoms with Gasteiger partial charge in [-0.1, -0.05) is 89.1 Å². The predicted molar refractivity (Wildman–Crippen MR) is 218 cm³/mol. The van der Waals surface area contributed by atoms with E-state index in [2.05, 4.69) is 0 Å². The fourth-order valence-electron chi connectivity index (χ4n) is 8.73. The standard InChI is InChI=1S/C45H74O12/c1-13-16-35-28(7)37(55-38-22-34(47)42(51)31(10)54-38)23-45(11,57-35)30(9)41(50)29(8)43-33(46)18-15-17-24(3)19-26(5)39(48)32(14-2)40(49)27(6)20-25(4)21-36(53-12)44(52)56-43/h13,15-18,20-21,26-35,37-43,46-51H,14,19,22-23H2,1-12H3/b16-13+,18-15+,24-17+,25-20+,36-21-/t26-,27-,28-,29+,30+,31+,32?,33+,34+,35-,37-,38-,39+,40-,41-,42+,43-,45-/m1/s1. The van der Waals surface area contributed by atoms with Crippen LogP contribution in [0.4, 0.5) is 0 Å². The molecule has 3 rings (SSSR count). The maximum atomic E-state index is 13.8. The van der Waals surface area contributed by atoms with E-state index in [1.165, 1.54) is 19.3 Å². The Morgan fingerprint density at radius 1 is 1.04 bits per heavy atom. The van der Waals surface area contributed by atoms with Crippen LogP contribution >= 0.6 is 0 Å². The van der Waals surface area contributed by atoms with E-state index in [1.807, 2.05) is 79.7 Å². The first-order valence-electron chi connectivity index (χ1n) is 20.9. The average molecular weight is 807 g/mol. The van der Waals surface area contributed by atoms with Crippen LogP contribution < -0.4 is 0 Å². The van der Waals surface area contributed by atoms with Crippen LogP contribution in [0.25, 0.3) is 0 Å². The highest BCUT2D eigenvalue weighted by Gasteiger charge is 2.50. The summed E-state index contributed by atoms with van der Waals surface area (Å²) in [5, 5.41) is 67.1. The zero-order valence-electron chi connectivity index (χ0n) is 36.3. The second-order valence-electron chi connectivity index (χ2n) is 17.3. The summed E-state index contributed by atoms with van der Waals surface area (Å²) >= 11 is 0. The molecular weight excluding hydrogens is 732 g/mol. The Kier molecular flexibility index (Phi) is 18.7. The molecule has 2 saturated heterocycles. The number of allylic oxidation sites excluding steroid dienone is 6. The molecule has 3 aliphatic rings. The number of aliphatic hydroxyl groups is 6. The Balaban J connectivity index is 1.98. The Hall–Kier alpha value is -2.39. The first-order chi connectivity index (χ1) is 26.7. The van der Waals surface area contributed by atoms with Crippen LogP contribution in [-0.4, -0.2) is 117 Å². The molecule has 0 spiro atoms. The fraction of sp³-hybridized carbons (Fsp3) is 0.756. The molecule has 12 heteroatoms.